The summed E-state index contributed by atoms with van der Waals surface area (Å²) in [5.41, 5.74) is 1.15. The molecule has 0 unspecified atom stereocenters. The monoisotopic (exact) mass is 405 g/mol. The van der Waals surface area contributed by atoms with Crippen LogP contribution in [-0.4, -0.2) is 31.2 Å². The molecule has 4 nitrogen and oxygen atoms in total. The van der Waals surface area contributed by atoms with Crippen LogP contribution < -0.4 is 15.4 Å². The maximum absolute atomic E-state index is 5.73. The van der Waals surface area contributed by atoms with Gasteiger partial charge in [-0.15, -0.1) is 24.0 Å². The van der Waals surface area contributed by atoms with E-state index in [1.54, 1.807) is 0 Å². The molecule has 0 saturated carbocycles. The average Bonchev–Trinajstić information content (AvgIpc) is 2.35. The van der Waals surface area contributed by atoms with Crippen molar-refractivity contribution in [2.45, 2.75) is 40.2 Å². The second-order valence-corrected chi connectivity index (χ2v) is 5.75. The van der Waals surface area contributed by atoms with Crippen molar-refractivity contribution in [2.24, 2.45) is 4.99 Å². The highest BCUT2D eigenvalue weighted by Gasteiger charge is 2.11. The molecule has 0 amide bonds. The van der Waals surface area contributed by atoms with Crippen LogP contribution in [0.4, 0.5) is 0 Å². The summed E-state index contributed by atoms with van der Waals surface area (Å²) in [6.07, 6.45) is 0. The minimum Gasteiger partial charge on any atom is -0.491 e. The Labute approximate surface area is 145 Å². The molecule has 0 saturated heterocycles. The van der Waals surface area contributed by atoms with Crippen molar-refractivity contribution in [3.8, 4) is 5.75 Å². The second-order valence-electron chi connectivity index (χ2n) is 5.75. The molecular weight excluding hydrogens is 377 g/mol. The van der Waals surface area contributed by atoms with Gasteiger partial charge in [0.15, 0.2) is 5.96 Å². The standard InChI is InChI=1S/C16H27N3O.HI/c1-6-17-15(19-16(3,4)5)18-11-12-20-14-10-8-7-9-13(14)2;/h7-10H,6,11-12H2,1-5H3,(H2,17,18,19);1H. The molecule has 0 bridgehead atoms. The van der Waals surface area contributed by atoms with Gasteiger partial charge in [0.2, 0.25) is 0 Å². The fourth-order valence-electron chi connectivity index (χ4n) is 1.69. The highest BCUT2D eigenvalue weighted by molar-refractivity contribution is 14.0. The molecule has 1 rings (SSSR count). The van der Waals surface area contributed by atoms with Gasteiger partial charge in [0.05, 0.1) is 6.54 Å². The van der Waals surface area contributed by atoms with E-state index in [1.807, 2.05) is 31.2 Å². The number of aryl methyl sites for hydroxylation is 1. The van der Waals surface area contributed by atoms with Gasteiger partial charge in [0.1, 0.15) is 12.4 Å². The molecule has 0 heterocycles. The molecule has 0 atom stereocenters. The Morgan fingerprint density at radius 3 is 2.48 bits per heavy atom. The van der Waals surface area contributed by atoms with E-state index in [2.05, 4.69) is 43.3 Å². The van der Waals surface area contributed by atoms with Crippen LogP contribution >= 0.6 is 24.0 Å². The molecule has 0 fully saturated rings. The predicted molar refractivity (Wildman–Crippen MR) is 101 cm³/mol. The van der Waals surface area contributed by atoms with Gasteiger partial charge in [0, 0.05) is 12.1 Å². The molecule has 2 N–H and O–H groups in total. The Morgan fingerprint density at radius 1 is 1.24 bits per heavy atom. The summed E-state index contributed by atoms with van der Waals surface area (Å²) in [7, 11) is 0. The van der Waals surface area contributed by atoms with Crippen LogP contribution in [0.15, 0.2) is 29.3 Å². The van der Waals surface area contributed by atoms with Crippen LogP contribution in [0.1, 0.15) is 33.3 Å². The first-order valence-corrected chi connectivity index (χ1v) is 7.17. The van der Waals surface area contributed by atoms with Crippen molar-refractivity contribution in [1.82, 2.24) is 10.6 Å². The second kappa shape index (κ2) is 9.87. The summed E-state index contributed by atoms with van der Waals surface area (Å²) in [6, 6.07) is 8.02. The van der Waals surface area contributed by atoms with Gasteiger partial charge in [-0.05, 0) is 46.2 Å². The minimum atomic E-state index is -0.00210. The molecule has 0 spiro atoms. The highest BCUT2D eigenvalue weighted by Crippen LogP contribution is 2.15. The Morgan fingerprint density at radius 2 is 1.90 bits per heavy atom. The minimum absolute atomic E-state index is 0. The van der Waals surface area contributed by atoms with Gasteiger partial charge < -0.3 is 15.4 Å². The SMILES string of the molecule is CCNC(=NCCOc1ccccc1C)NC(C)(C)C.I. The van der Waals surface area contributed by atoms with Crippen LogP contribution in [0.5, 0.6) is 5.75 Å². The van der Waals surface area contributed by atoms with Crippen molar-refractivity contribution in [3.63, 3.8) is 0 Å². The first-order valence-electron chi connectivity index (χ1n) is 7.17. The van der Waals surface area contributed by atoms with Gasteiger partial charge >= 0.3 is 0 Å². The van der Waals surface area contributed by atoms with Gasteiger partial charge in [-0.1, -0.05) is 18.2 Å². The number of benzene rings is 1. The van der Waals surface area contributed by atoms with Crippen molar-refractivity contribution in [1.29, 1.82) is 0 Å². The lowest BCUT2D eigenvalue weighted by atomic mass is 10.1. The third-order valence-corrected chi connectivity index (χ3v) is 2.55. The molecule has 0 radical (unpaired) electrons. The number of hydrogen-bond donors (Lipinski definition) is 2. The number of rotatable bonds is 5. The average molecular weight is 405 g/mol. The summed E-state index contributed by atoms with van der Waals surface area (Å²) >= 11 is 0. The number of ether oxygens (including phenoxy) is 1. The van der Waals surface area contributed by atoms with E-state index in [1.165, 1.54) is 0 Å². The molecule has 0 aromatic heterocycles. The number of para-hydroxylation sites is 1. The van der Waals surface area contributed by atoms with Crippen LogP contribution in [0, 0.1) is 6.92 Å². The Kier molecular flexibility index (Phi) is 9.41. The van der Waals surface area contributed by atoms with Gasteiger partial charge in [-0.25, -0.2) is 4.99 Å². The van der Waals surface area contributed by atoms with Crippen LogP contribution in [-0.2, 0) is 0 Å². The van der Waals surface area contributed by atoms with Crippen molar-refractivity contribution in [3.05, 3.63) is 29.8 Å². The molecule has 0 aliphatic carbocycles. The van der Waals surface area contributed by atoms with Crippen LogP contribution in [0.3, 0.4) is 0 Å². The molecular formula is C16H28IN3O. The largest absolute Gasteiger partial charge is 0.491 e. The predicted octanol–water partition coefficient (Wildman–Crippen LogP) is 3.35. The van der Waals surface area contributed by atoms with E-state index in [0.29, 0.717) is 13.2 Å². The van der Waals surface area contributed by atoms with E-state index < -0.39 is 0 Å². The number of aliphatic imine (C=N–C) groups is 1. The summed E-state index contributed by atoms with van der Waals surface area (Å²) in [5.74, 6) is 1.75. The van der Waals surface area contributed by atoms with E-state index in [0.717, 1.165) is 23.8 Å². The topological polar surface area (TPSA) is 45.7 Å². The smallest absolute Gasteiger partial charge is 0.191 e. The third-order valence-electron chi connectivity index (χ3n) is 2.55. The molecule has 1 aromatic rings. The van der Waals surface area contributed by atoms with Crippen LogP contribution in [0.2, 0.25) is 0 Å². The zero-order valence-electron chi connectivity index (χ0n) is 13.7. The lowest BCUT2D eigenvalue weighted by Gasteiger charge is -2.23. The lowest BCUT2D eigenvalue weighted by Crippen LogP contribution is -2.47. The zero-order chi connectivity index (χ0) is 15.0. The molecule has 120 valence electrons. The number of nitrogens with one attached hydrogen (secondary N) is 2. The van der Waals surface area contributed by atoms with Crippen LogP contribution in [0.25, 0.3) is 0 Å². The fraction of sp³-hybridized carbons (Fsp3) is 0.562. The van der Waals surface area contributed by atoms with E-state index >= 15 is 0 Å². The highest BCUT2D eigenvalue weighted by atomic mass is 127. The maximum atomic E-state index is 5.73. The van der Waals surface area contributed by atoms with Gasteiger partial charge in [0.25, 0.3) is 0 Å². The number of hydrogen-bond acceptors (Lipinski definition) is 2. The van der Waals surface area contributed by atoms with Gasteiger partial charge in [-0.2, -0.15) is 0 Å². The number of guanidine groups is 1. The molecule has 0 aliphatic heterocycles. The number of nitrogens with zero attached hydrogens (tertiary/aromatic N) is 1. The first-order chi connectivity index (χ1) is 9.42. The van der Waals surface area contributed by atoms with E-state index in [4.69, 9.17) is 4.74 Å². The zero-order valence-corrected chi connectivity index (χ0v) is 16.0. The fourth-order valence-corrected chi connectivity index (χ4v) is 1.69. The lowest BCUT2D eigenvalue weighted by molar-refractivity contribution is 0.326. The molecule has 1 aromatic carbocycles. The number of halogens is 1. The van der Waals surface area contributed by atoms with Crippen molar-refractivity contribution in [2.75, 3.05) is 19.7 Å². The van der Waals surface area contributed by atoms with E-state index in [9.17, 15) is 0 Å². The maximum Gasteiger partial charge on any atom is 0.191 e. The molecule has 21 heavy (non-hydrogen) atoms. The Bertz CT molecular complexity index is 441. The van der Waals surface area contributed by atoms with Crippen molar-refractivity contribution < 1.29 is 4.74 Å². The third kappa shape index (κ3) is 8.80. The Balaban J connectivity index is 0.00000400. The summed E-state index contributed by atoms with van der Waals surface area (Å²) in [5, 5.41) is 6.58. The molecule has 0 aliphatic rings. The molecule has 5 heteroatoms. The summed E-state index contributed by atoms with van der Waals surface area (Å²) < 4.78 is 5.73. The quantitative estimate of drug-likeness (QED) is 0.342. The van der Waals surface area contributed by atoms with Gasteiger partial charge in [-0.3, -0.25) is 0 Å². The van der Waals surface area contributed by atoms with E-state index in [-0.39, 0.29) is 29.5 Å². The van der Waals surface area contributed by atoms with Crippen molar-refractivity contribution >= 4 is 29.9 Å². The first kappa shape index (κ1) is 20.0. The summed E-state index contributed by atoms with van der Waals surface area (Å²) in [4.78, 5) is 4.51. The summed E-state index contributed by atoms with van der Waals surface area (Å²) in [6.45, 7) is 12.5. The normalized spacial score (nSPS) is 11.6. The Hall–Kier alpha value is -0.980.